The van der Waals surface area contributed by atoms with Crippen LogP contribution < -0.4 is 11.2 Å². The standard InChI is InChI=1S/C17H13ClN8O2S/c1-9(10-5-2-3-6-11(10)18)20-22-17(27)13-14(12-7-4-8-29-12)26(25-21-13)16-15(19)23-28-24-16/h2-8H,1H3,(H2,19,23)(H,22,27). The Kier molecular flexibility index (Phi) is 5.06. The van der Waals surface area contributed by atoms with Gasteiger partial charge in [-0.1, -0.05) is 41.1 Å². The molecule has 146 valence electrons. The molecule has 0 saturated heterocycles. The summed E-state index contributed by atoms with van der Waals surface area (Å²) >= 11 is 7.57. The molecule has 3 heterocycles. The molecule has 0 radical (unpaired) electrons. The van der Waals surface area contributed by atoms with Crippen LogP contribution in [0.25, 0.3) is 16.4 Å². The molecule has 1 amide bonds. The van der Waals surface area contributed by atoms with Gasteiger partial charge in [0.05, 0.1) is 10.6 Å². The minimum atomic E-state index is -0.555. The van der Waals surface area contributed by atoms with E-state index in [1.54, 1.807) is 19.1 Å². The van der Waals surface area contributed by atoms with E-state index in [4.69, 9.17) is 17.3 Å². The molecular formula is C17H13ClN8O2S. The molecule has 0 bridgehead atoms. The van der Waals surface area contributed by atoms with Crippen molar-refractivity contribution < 1.29 is 9.42 Å². The fraction of sp³-hybridized carbons (Fsp3) is 0.0588. The lowest BCUT2D eigenvalue weighted by Crippen LogP contribution is -2.21. The van der Waals surface area contributed by atoms with Gasteiger partial charge in [0.2, 0.25) is 11.6 Å². The van der Waals surface area contributed by atoms with Crippen molar-refractivity contribution in [3.63, 3.8) is 0 Å². The van der Waals surface area contributed by atoms with Crippen molar-refractivity contribution in [2.24, 2.45) is 5.10 Å². The van der Waals surface area contributed by atoms with Crippen LogP contribution in [0.5, 0.6) is 0 Å². The van der Waals surface area contributed by atoms with Crippen LogP contribution in [0, 0.1) is 0 Å². The Labute approximate surface area is 172 Å². The summed E-state index contributed by atoms with van der Waals surface area (Å²) in [6.07, 6.45) is 0. The zero-order valence-corrected chi connectivity index (χ0v) is 16.5. The Hall–Kier alpha value is -3.57. The van der Waals surface area contributed by atoms with Crippen LogP contribution in [0.3, 0.4) is 0 Å². The van der Waals surface area contributed by atoms with Gasteiger partial charge in [0.1, 0.15) is 5.69 Å². The van der Waals surface area contributed by atoms with Crippen LogP contribution in [0.4, 0.5) is 5.82 Å². The molecule has 0 fully saturated rings. The third-order valence-electron chi connectivity index (χ3n) is 3.92. The molecule has 4 aromatic rings. The Morgan fingerprint density at radius 1 is 1.28 bits per heavy atom. The molecule has 0 atom stereocenters. The maximum absolute atomic E-state index is 12.8. The van der Waals surface area contributed by atoms with Gasteiger partial charge in [-0.3, -0.25) is 4.79 Å². The number of aromatic nitrogens is 5. The lowest BCUT2D eigenvalue weighted by atomic mass is 10.1. The normalized spacial score (nSPS) is 11.6. The smallest absolute Gasteiger partial charge is 0.294 e. The van der Waals surface area contributed by atoms with E-state index in [0.29, 0.717) is 22.0 Å². The average Bonchev–Trinajstić information content (AvgIpc) is 3.45. The first-order chi connectivity index (χ1) is 14.1. The SMILES string of the molecule is CC(=NNC(=O)c1nnn(-c2nonc2N)c1-c1cccs1)c1ccccc1Cl. The van der Waals surface area contributed by atoms with Crippen molar-refractivity contribution in [3.05, 3.63) is 58.1 Å². The maximum Gasteiger partial charge on any atom is 0.294 e. The Balaban J connectivity index is 1.69. The van der Waals surface area contributed by atoms with E-state index in [2.05, 4.69) is 35.8 Å². The third-order valence-corrected chi connectivity index (χ3v) is 5.13. The first kappa shape index (κ1) is 18.8. The van der Waals surface area contributed by atoms with E-state index in [0.717, 1.165) is 4.88 Å². The van der Waals surface area contributed by atoms with Gasteiger partial charge in [0.15, 0.2) is 5.69 Å². The highest BCUT2D eigenvalue weighted by Crippen LogP contribution is 2.29. The van der Waals surface area contributed by atoms with Crippen molar-refractivity contribution in [2.75, 3.05) is 5.73 Å². The summed E-state index contributed by atoms with van der Waals surface area (Å²) in [7, 11) is 0. The van der Waals surface area contributed by atoms with Crippen LogP contribution in [0.1, 0.15) is 23.0 Å². The van der Waals surface area contributed by atoms with Gasteiger partial charge in [0, 0.05) is 10.6 Å². The lowest BCUT2D eigenvalue weighted by Gasteiger charge is -2.05. The van der Waals surface area contributed by atoms with E-state index < -0.39 is 5.91 Å². The summed E-state index contributed by atoms with van der Waals surface area (Å²) in [4.78, 5) is 13.5. The van der Waals surface area contributed by atoms with E-state index in [1.165, 1.54) is 16.0 Å². The number of anilines is 1. The van der Waals surface area contributed by atoms with Crippen molar-refractivity contribution >= 4 is 40.4 Å². The number of rotatable bonds is 5. The second-order valence-corrected chi connectivity index (χ2v) is 7.12. The zero-order valence-electron chi connectivity index (χ0n) is 14.9. The minimum absolute atomic E-state index is 0.0206. The number of nitrogen functional groups attached to an aromatic ring is 1. The second kappa shape index (κ2) is 7.81. The zero-order chi connectivity index (χ0) is 20.4. The number of hydrogen-bond donors (Lipinski definition) is 2. The monoisotopic (exact) mass is 428 g/mol. The third kappa shape index (κ3) is 3.60. The van der Waals surface area contributed by atoms with Gasteiger partial charge in [-0.05, 0) is 34.7 Å². The molecule has 1 aromatic carbocycles. The molecular weight excluding hydrogens is 416 g/mol. The number of halogens is 1. The summed E-state index contributed by atoms with van der Waals surface area (Å²) in [5.74, 6) is -0.399. The predicted molar refractivity (Wildman–Crippen MR) is 108 cm³/mol. The highest BCUT2D eigenvalue weighted by Gasteiger charge is 2.25. The molecule has 0 spiro atoms. The number of nitrogens with zero attached hydrogens (tertiary/aromatic N) is 6. The fourth-order valence-electron chi connectivity index (χ4n) is 2.56. The summed E-state index contributed by atoms with van der Waals surface area (Å²) in [5, 5.41) is 21.8. The number of carbonyl (C=O) groups excluding carboxylic acids is 1. The van der Waals surface area contributed by atoms with Gasteiger partial charge in [-0.25, -0.2) is 10.1 Å². The molecule has 3 aromatic heterocycles. The van der Waals surface area contributed by atoms with Crippen LogP contribution in [-0.2, 0) is 0 Å². The molecule has 0 saturated carbocycles. The quantitative estimate of drug-likeness (QED) is 0.368. The Morgan fingerprint density at radius 2 is 2.10 bits per heavy atom. The number of thiophene rings is 1. The molecule has 0 aliphatic heterocycles. The van der Waals surface area contributed by atoms with Gasteiger partial charge < -0.3 is 5.73 Å². The number of hydrogen-bond acceptors (Lipinski definition) is 9. The van der Waals surface area contributed by atoms with Crippen molar-refractivity contribution in [1.82, 2.24) is 30.7 Å². The lowest BCUT2D eigenvalue weighted by molar-refractivity contribution is 0.0950. The summed E-state index contributed by atoms with van der Waals surface area (Å²) in [6.45, 7) is 1.74. The van der Waals surface area contributed by atoms with Crippen molar-refractivity contribution in [2.45, 2.75) is 6.92 Å². The summed E-state index contributed by atoms with van der Waals surface area (Å²) in [5.41, 5.74) is 9.95. The molecule has 0 aliphatic carbocycles. The van der Waals surface area contributed by atoms with Crippen molar-refractivity contribution in [3.8, 4) is 16.4 Å². The van der Waals surface area contributed by atoms with E-state index in [1.807, 2.05) is 29.6 Å². The van der Waals surface area contributed by atoms with Gasteiger partial charge in [0.25, 0.3) is 5.91 Å². The van der Waals surface area contributed by atoms with Crippen LogP contribution in [0.2, 0.25) is 5.02 Å². The molecule has 10 nitrogen and oxygen atoms in total. The van der Waals surface area contributed by atoms with Crippen LogP contribution in [0.15, 0.2) is 51.5 Å². The highest BCUT2D eigenvalue weighted by atomic mass is 35.5. The molecule has 0 aliphatic rings. The number of nitrogens with one attached hydrogen (secondary N) is 1. The highest BCUT2D eigenvalue weighted by molar-refractivity contribution is 7.13. The minimum Gasteiger partial charge on any atom is -0.378 e. The molecule has 29 heavy (non-hydrogen) atoms. The van der Waals surface area contributed by atoms with E-state index in [9.17, 15) is 4.79 Å². The van der Waals surface area contributed by atoms with E-state index in [-0.39, 0.29) is 17.3 Å². The first-order valence-electron chi connectivity index (χ1n) is 8.23. The summed E-state index contributed by atoms with van der Waals surface area (Å²) < 4.78 is 5.94. The maximum atomic E-state index is 12.8. The average molecular weight is 429 g/mol. The van der Waals surface area contributed by atoms with Gasteiger partial charge >= 0.3 is 0 Å². The molecule has 4 rings (SSSR count). The molecule has 12 heteroatoms. The number of benzene rings is 1. The predicted octanol–water partition coefficient (Wildman–Crippen LogP) is 2.77. The van der Waals surface area contributed by atoms with Gasteiger partial charge in [-0.2, -0.15) is 9.78 Å². The number of nitrogens with two attached hydrogens (primary N) is 1. The van der Waals surface area contributed by atoms with Crippen LogP contribution >= 0.6 is 22.9 Å². The first-order valence-corrected chi connectivity index (χ1v) is 9.49. The largest absolute Gasteiger partial charge is 0.378 e. The number of amides is 1. The molecule has 0 unspecified atom stereocenters. The topological polar surface area (TPSA) is 137 Å². The summed E-state index contributed by atoms with van der Waals surface area (Å²) in [6, 6.07) is 10.9. The van der Waals surface area contributed by atoms with Crippen LogP contribution in [-0.4, -0.2) is 36.9 Å². The van der Waals surface area contributed by atoms with Crippen molar-refractivity contribution in [1.29, 1.82) is 0 Å². The Bertz CT molecular complexity index is 1200. The second-order valence-electron chi connectivity index (χ2n) is 5.77. The number of hydrazone groups is 1. The number of carbonyl (C=O) groups is 1. The Morgan fingerprint density at radius 3 is 2.79 bits per heavy atom. The fourth-order valence-corrected chi connectivity index (χ4v) is 3.59. The van der Waals surface area contributed by atoms with Gasteiger partial charge in [-0.15, -0.1) is 16.4 Å². The van der Waals surface area contributed by atoms with E-state index >= 15 is 0 Å². The molecule has 3 N–H and O–H groups in total.